The van der Waals surface area contributed by atoms with Gasteiger partial charge in [0, 0.05) is 17.8 Å². The largest absolute Gasteiger partial charge is 0.395 e. The molecular formula is C21H30O3. The molecule has 132 valence electrons. The zero-order valence-electron chi connectivity index (χ0n) is 15.0. The van der Waals surface area contributed by atoms with Gasteiger partial charge in [0.1, 0.15) is 5.78 Å². The molecule has 0 aromatic rings. The Morgan fingerprint density at radius 2 is 1.96 bits per heavy atom. The summed E-state index contributed by atoms with van der Waals surface area (Å²) >= 11 is 0. The third-order valence-electron chi connectivity index (χ3n) is 8.46. The number of carbonyl (C=O) groups is 2. The van der Waals surface area contributed by atoms with Crippen LogP contribution in [0.5, 0.6) is 0 Å². The van der Waals surface area contributed by atoms with E-state index < -0.39 is 0 Å². The van der Waals surface area contributed by atoms with Crippen LogP contribution < -0.4 is 0 Å². The number of hydrogen-bond donors (Lipinski definition) is 1. The van der Waals surface area contributed by atoms with E-state index in [1.54, 1.807) is 6.92 Å². The van der Waals surface area contributed by atoms with Crippen LogP contribution in [0.1, 0.15) is 65.2 Å². The van der Waals surface area contributed by atoms with Gasteiger partial charge in [-0.2, -0.15) is 0 Å². The maximum Gasteiger partial charge on any atom is 0.155 e. The molecule has 0 radical (unpaired) electrons. The number of aliphatic hydroxyl groups is 1. The fourth-order valence-corrected chi connectivity index (χ4v) is 7.33. The van der Waals surface area contributed by atoms with Gasteiger partial charge in [0.15, 0.2) is 5.78 Å². The zero-order valence-corrected chi connectivity index (χ0v) is 15.0. The lowest BCUT2D eigenvalue weighted by Crippen LogP contribution is -2.53. The average Bonchev–Trinajstić information content (AvgIpc) is 2.91. The Hall–Kier alpha value is -0.960. The minimum atomic E-state index is -0.146. The van der Waals surface area contributed by atoms with Crippen molar-refractivity contribution in [3.05, 3.63) is 11.6 Å². The number of carbonyl (C=O) groups excluding carboxylic acids is 2. The minimum Gasteiger partial charge on any atom is -0.395 e. The lowest BCUT2D eigenvalue weighted by atomic mass is 9.46. The van der Waals surface area contributed by atoms with Crippen LogP contribution in [0.25, 0.3) is 0 Å². The summed E-state index contributed by atoms with van der Waals surface area (Å²) in [5, 5.41) is 10.3. The highest BCUT2D eigenvalue weighted by atomic mass is 16.3. The van der Waals surface area contributed by atoms with Gasteiger partial charge in [-0.1, -0.05) is 12.5 Å². The Bertz CT molecular complexity index is 606. The van der Waals surface area contributed by atoms with Gasteiger partial charge in [-0.25, -0.2) is 0 Å². The standard InChI is InChI=1S/C21H30O3/c1-13(23)17-5-6-18-16-4-3-14-11-15(24)7-10-21(14,12-22)19(16)8-9-20(17,18)2/h11,16-19,22H,3-10,12H2,1-2H3/t16-,17+,18-,19-,20+,21-/m0/s1. The smallest absolute Gasteiger partial charge is 0.155 e. The van der Waals surface area contributed by atoms with E-state index in [0.717, 1.165) is 38.5 Å². The Balaban J connectivity index is 1.69. The van der Waals surface area contributed by atoms with Crippen molar-refractivity contribution in [2.24, 2.45) is 34.5 Å². The molecule has 24 heavy (non-hydrogen) atoms. The summed E-state index contributed by atoms with van der Waals surface area (Å²) in [6, 6.07) is 0. The predicted molar refractivity (Wildman–Crippen MR) is 92.3 cm³/mol. The highest BCUT2D eigenvalue weighted by molar-refractivity contribution is 5.91. The summed E-state index contributed by atoms with van der Waals surface area (Å²) in [7, 11) is 0. The van der Waals surface area contributed by atoms with Gasteiger partial charge in [0.25, 0.3) is 0 Å². The summed E-state index contributed by atoms with van der Waals surface area (Å²) in [5.74, 6) is 2.58. The van der Waals surface area contributed by atoms with E-state index in [2.05, 4.69) is 6.92 Å². The summed E-state index contributed by atoms with van der Waals surface area (Å²) in [4.78, 5) is 24.1. The molecule has 6 atom stereocenters. The predicted octanol–water partition coefficient (Wildman–Crippen LogP) is 3.70. The number of ketones is 2. The van der Waals surface area contributed by atoms with Gasteiger partial charge < -0.3 is 5.11 Å². The quantitative estimate of drug-likeness (QED) is 0.840. The minimum absolute atomic E-state index is 0.146. The Morgan fingerprint density at radius 3 is 2.67 bits per heavy atom. The number of Topliss-reactive ketones (excluding diaryl/α,β-unsaturated/α-hetero) is 1. The molecule has 3 fully saturated rings. The number of aliphatic hydroxyl groups excluding tert-OH is 1. The molecule has 0 heterocycles. The van der Waals surface area contributed by atoms with Crippen LogP contribution in [0.4, 0.5) is 0 Å². The van der Waals surface area contributed by atoms with Crippen LogP contribution >= 0.6 is 0 Å². The van der Waals surface area contributed by atoms with Crippen LogP contribution in [-0.2, 0) is 9.59 Å². The molecule has 0 aliphatic heterocycles. The van der Waals surface area contributed by atoms with Crippen molar-refractivity contribution in [3.63, 3.8) is 0 Å². The van der Waals surface area contributed by atoms with Gasteiger partial charge in [-0.3, -0.25) is 9.59 Å². The number of fused-ring (bicyclic) bond motifs is 5. The lowest BCUT2D eigenvalue weighted by Gasteiger charge is -2.58. The molecule has 4 aliphatic rings. The van der Waals surface area contributed by atoms with Crippen molar-refractivity contribution < 1.29 is 14.7 Å². The molecule has 0 unspecified atom stereocenters. The van der Waals surface area contributed by atoms with Crippen molar-refractivity contribution in [2.45, 2.75) is 65.2 Å². The molecule has 0 bridgehead atoms. The molecule has 0 amide bonds. The molecule has 0 saturated heterocycles. The Kier molecular flexibility index (Phi) is 3.80. The third kappa shape index (κ3) is 2.06. The zero-order chi connectivity index (χ0) is 17.1. The summed E-state index contributed by atoms with van der Waals surface area (Å²) in [6.45, 7) is 4.31. The molecule has 4 rings (SSSR count). The Morgan fingerprint density at radius 1 is 1.17 bits per heavy atom. The van der Waals surface area contributed by atoms with E-state index in [0.29, 0.717) is 30.0 Å². The van der Waals surface area contributed by atoms with Crippen LogP contribution in [0.2, 0.25) is 0 Å². The topological polar surface area (TPSA) is 54.4 Å². The van der Waals surface area contributed by atoms with Gasteiger partial charge in [-0.15, -0.1) is 0 Å². The normalized spacial score (nSPS) is 47.5. The first-order chi connectivity index (χ1) is 11.4. The maximum absolute atomic E-state index is 12.2. The van der Waals surface area contributed by atoms with Crippen LogP contribution in [0.15, 0.2) is 11.6 Å². The second kappa shape index (κ2) is 5.52. The molecular weight excluding hydrogens is 300 g/mol. The molecule has 4 aliphatic carbocycles. The third-order valence-corrected chi connectivity index (χ3v) is 8.46. The average molecular weight is 330 g/mol. The molecule has 0 aromatic heterocycles. The Labute approximate surface area is 144 Å². The second-order valence-electron chi connectivity index (χ2n) is 9.15. The van der Waals surface area contributed by atoms with E-state index in [1.165, 1.54) is 12.0 Å². The molecule has 3 saturated carbocycles. The van der Waals surface area contributed by atoms with Crippen molar-refractivity contribution >= 4 is 11.6 Å². The van der Waals surface area contributed by atoms with Gasteiger partial charge >= 0.3 is 0 Å². The first kappa shape index (κ1) is 16.5. The lowest BCUT2D eigenvalue weighted by molar-refractivity contribution is -0.130. The highest BCUT2D eigenvalue weighted by Gasteiger charge is 2.60. The van der Waals surface area contributed by atoms with Gasteiger partial charge in [0.2, 0.25) is 0 Å². The first-order valence-electron chi connectivity index (χ1n) is 9.77. The van der Waals surface area contributed by atoms with Crippen molar-refractivity contribution in [1.82, 2.24) is 0 Å². The van der Waals surface area contributed by atoms with E-state index in [9.17, 15) is 14.7 Å². The summed E-state index contributed by atoms with van der Waals surface area (Å²) in [5.41, 5.74) is 1.24. The fraction of sp³-hybridized carbons (Fsp3) is 0.810. The van der Waals surface area contributed by atoms with Crippen LogP contribution in [0, 0.1) is 34.5 Å². The number of rotatable bonds is 2. The first-order valence-corrected chi connectivity index (χ1v) is 9.77. The van der Waals surface area contributed by atoms with Crippen molar-refractivity contribution in [3.8, 4) is 0 Å². The monoisotopic (exact) mass is 330 g/mol. The molecule has 3 nitrogen and oxygen atoms in total. The van der Waals surface area contributed by atoms with E-state index >= 15 is 0 Å². The van der Waals surface area contributed by atoms with Crippen molar-refractivity contribution in [1.29, 1.82) is 0 Å². The van der Waals surface area contributed by atoms with Gasteiger partial charge in [0.05, 0.1) is 6.61 Å². The fourth-order valence-electron chi connectivity index (χ4n) is 7.33. The van der Waals surface area contributed by atoms with Crippen LogP contribution in [0.3, 0.4) is 0 Å². The molecule has 0 spiro atoms. The van der Waals surface area contributed by atoms with E-state index in [1.807, 2.05) is 6.08 Å². The second-order valence-corrected chi connectivity index (χ2v) is 9.15. The molecule has 1 N–H and O–H groups in total. The number of hydrogen-bond acceptors (Lipinski definition) is 3. The molecule has 0 aromatic carbocycles. The summed E-state index contributed by atoms with van der Waals surface area (Å²) in [6.07, 6.45) is 9.80. The van der Waals surface area contributed by atoms with Crippen LogP contribution in [-0.4, -0.2) is 23.3 Å². The van der Waals surface area contributed by atoms with E-state index in [4.69, 9.17) is 0 Å². The van der Waals surface area contributed by atoms with Crippen molar-refractivity contribution in [2.75, 3.05) is 6.61 Å². The highest BCUT2D eigenvalue weighted by Crippen LogP contribution is 2.66. The molecule has 3 heteroatoms. The summed E-state index contributed by atoms with van der Waals surface area (Å²) < 4.78 is 0. The maximum atomic E-state index is 12.2. The SMILES string of the molecule is CC(=O)[C@H]1CC[C@H]2[C@@H]3CCC4=CC(=O)CC[C@@]4(CO)[C@H]3CC[C@]12C. The van der Waals surface area contributed by atoms with Gasteiger partial charge in [-0.05, 0) is 81.1 Å². The van der Waals surface area contributed by atoms with E-state index in [-0.39, 0.29) is 29.1 Å².